The lowest BCUT2D eigenvalue weighted by Gasteiger charge is -2.31. The third-order valence-electron chi connectivity index (χ3n) is 4.48. The summed E-state index contributed by atoms with van der Waals surface area (Å²) < 4.78 is 10.6. The van der Waals surface area contributed by atoms with Gasteiger partial charge in [-0.25, -0.2) is 4.79 Å². The highest BCUT2D eigenvalue weighted by molar-refractivity contribution is 7.20. The molecule has 2 N–H and O–H groups in total. The van der Waals surface area contributed by atoms with Crippen LogP contribution in [0.5, 0.6) is 0 Å². The van der Waals surface area contributed by atoms with Gasteiger partial charge in [0.25, 0.3) is 5.91 Å². The third-order valence-corrected chi connectivity index (χ3v) is 5.58. The lowest BCUT2D eigenvalue weighted by molar-refractivity contribution is -0.907. The molecule has 0 spiro atoms. The predicted molar refractivity (Wildman–Crippen MR) is 105 cm³/mol. The molecule has 2 atom stereocenters. The van der Waals surface area contributed by atoms with E-state index < -0.39 is 5.97 Å². The average Bonchev–Trinajstić information content (AvgIpc) is 3.04. The summed E-state index contributed by atoms with van der Waals surface area (Å²) in [4.78, 5) is 26.8. The molecule has 1 saturated heterocycles. The van der Waals surface area contributed by atoms with E-state index in [0.29, 0.717) is 17.1 Å². The highest BCUT2D eigenvalue weighted by Crippen LogP contribution is 2.35. The molecule has 0 bridgehead atoms. The van der Waals surface area contributed by atoms with E-state index in [1.54, 1.807) is 6.07 Å². The first kappa shape index (κ1) is 19.5. The number of thiophene rings is 1. The van der Waals surface area contributed by atoms with Gasteiger partial charge in [0, 0.05) is 4.88 Å². The Labute approximate surface area is 163 Å². The number of carbonyl (C=O) groups excluding carboxylic acids is 2. The second-order valence-corrected chi connectivity index (χ2v) is 7.90. The SMILES string of the molecule is COC(=O)c1cc(-c2ccccc2)sc1NC(=O)C[NH+]1C[C@H](C)O[C@@H](C)C1. The number of methoxy groups -OCH3 is 1. The van der Waals surface area contributed by atoms with Crippen LogP contribution in [0.15, 0.2) is 36.4 Å². The summed E-state index contributed by atoms with van der Waals surface area (Å²) in [6.07, 6.45) is 0.266. The number of ether oxygens (including phenoxy) is 2. The van der Waals surface area contributed by atoms with Crippen molar-refractivity contribution in [1.82, 2.24) is 0 Å². The van der Waals surface area contributed by atoms with E-state index >= 15 is 0 Å². The van der Waals surface area contributed by atoms with Crippen LogP contribution in [-0.4, -0.2) is 50.8 Å². The molecule has 1 amide bonds. The van der Waals surface area contributed by atoms with Gasteiger partial charge in [-0.1, -0.05) is 30.3 Å². The minimum absolute atomic E-state index is 0.113. The fourth-order valence-corrected chi connectivity index (χ4v) is 4.49. The van der Waals surface area contributed by atoms with Crippen LogP contribution in [0.25, 0.3) is 10.4 Å². The second kappa shape index (κ2) is 8.65. The van der Waals surface area contributed by atoms with Crippen molar-refractivity contribution in [3.05, 3.63) is 42.0 Å². The van der Waals surface area contributed by atoms with Gasteiger partial charge in [0.15, 0.2) is 6.54 Å². The first-order valence-electron chi connectivity index (χ1n) is 9.02. The van der Waals surface area contributed by atoms with Crippen molar-refractivity contribution in [2.75, 3.05) is 32.1 Å². The summed E-state index contributed by atoms with van der Waals surface area (Å²) >= 11 is 1.38. The van der Waals surface area contributed by atoms with Crippen molar-refractivity contribution in [2.45, 2.75) is 26.1 Å². The summed E-state index contributed by atoms with van der Waals surface area (Å²) in [5.41, 5.74) is 1.38. The first-order chi connectivity index (χ1) is 13.0. The summed E-state index contributed by atoms with van der Waals surface area (Å²) in [5.74, 6) is -0.567. The number of benzene rings is 1. The number of esters is 1. The number of rotatable bonds is 5. The molecule has 3 rings (SSSR count). The molecule has 0 radical (unpaired) electrons. The molecule has 27 heavy (non-hydrogen) atoms. The van der Waals surface area contributed by atoms with E-state index in [-0.39, 0.29) is 18.1 Å². The Morgan fingerprint density at radius 1 is 1.22 bits per heavy atom. The van der Waals surface area contributed by atoms with Gasteiger partial charge in [-0.05, 0) is 25.5 Å². The maximum Gasteiger partial charge on any atom is 0.340 e. The average molecular weight is 389 g/mol. The summed E-state index contributed by atoms with van der Waals surface area (Å²) in [5, 5.41) is 3.44. The zero-order valence-corrected chi connectivity index (χ0v) is 16.6. The molecule has 1 aliphatic heterocycles. The molecule has 1 aromatic heterocycles. The smallest absolute Gasteiger partial charge is 0.340 e. The molecule has 6 nitrogen and oxygen atoms in total. The van der Waals surface area contributed by atoms with Crippen molar-refractivity contribution < 1.29 is 24.0 Å². The van der Waals surface area contributed by atoms with Crippen LogP contribution in [-0.2, 0) is 14.3 Å². The van der Waals surface area contributed by atoms with Gasteiger partial charge in [-0.2, -0.15) is 0 Å². The zero-order chi connectivity index (χ0) is 19.4. The van der Waals surface area contributed by atoms with Gasteiger partial charge < -0.3 is 19.7 Å². The predicted octanol–water partition coefficient (Wildman–Crippen LogP) is 1.83. The van der Waals surface area contributed by atoms with Crippen molar-refractivity contribution in [1.29, 1.82) is 0 Å². The molecule has 0 saturated carbocycles. The molecule has 144 valence electrons. The monoisotopic (exact) mass is 389 g/mol. The topological polar surface area (TPSA) is 69.1 Å². The van der Waals surface area contributed by atoms with E-state index in [2.05, 4.69) is 5.32 Å². The Morgan fingerprint density at radius 3 is 2.52 bits per heavy atom. The largest absolute Gasteiger partial charge is 0.465 e. The number of quaternary nitrogens is 1. The highest BCUT2D eigenvalue weighted by atomic mass is 32.1. The third kappa shape index (κ3) is 4.94. The van der Waals surface area contributed by atoms with Crippen LogP contribution in [0.4, 0.5) is 5.00 Å². The number of anilines is 1. The van der Waals surface area contributed by atoms with Gasteiger partial charge in [0.1, 0.15) is 30.3 Å². The minimum atomic E-state index is -0.454. The van der Waals surface area contributed by atoms with Gasteiger partial charge >= 0.3 is 5.97 Å². The normalized spacial score (nSPS) is 22.3. The fourth-order valence-electron chi connectivity index (χ4n) is 3.42. The van der Waals surface area contributed by atoms with Gasteiger partial charge in [0.05, 0.1) is 12.7 Å². The molecule has 0 unspecified atom stereocenters. The lowest BCUT2D eigenvalue weighted by Crippen LogP contribution is -3.16. The second-order valence-electron chi connectivity index (χ2n) is 6.85. The van der Waals surface area contributed by atoms with Crippen LogP contribution in [0.3, 0.4) is 0 Å². The Kier molecular flexibility index (Phi) is 6.26. The van der Waals surface area contributed by atoms with Crippen molar-refractivity contribution in [3.8, 4) is 10.4 Å². The number of hydrogen-bond donors (Lipinski definition) is 2. The lowest BCUT2D eigenvalue weighted by atomic mass is 10.1. The standard InChI is InChI=1S/C20H24N2O4S/c1-13-10-22(11-14(2)26-13)12-18(23)21-19-16(20(24)25-3)9-17(27-19)15-7-5-4-6-8-15/h4-9,13-14H,10-12H2,1-3H3,(H,21,23)/p+1/t13-,14-/m0/s1. The highest BCUT2D eigenvalue weighted by Gasteiger charge is 2.28. The van der Waals surface area contributed by atoms with Crippen LogP contribution in [0, 0.1) is 0 Å². The number of carbonyl (C=O) groups is 2. The first-order valence-corrected chi connectivity index (χ1v) is 9.84. The Balaban J connectivity index is 1.75. The molecule has 1 fully saturated rings. The van der Waals surface area contributed by atoms with Crippen LogP contribution in [0.2, 0.25) is 0 Å². The number of morpholine rings is 1. The minimum Gasteiger partial charge on any atom is -0.465 e. The Bertz CT molecular complexity index is 796. The molecule has 1 aromatic carbocycles. The van der Waals surface area contributed by atoms with Gasteiger partial charge in [0.2, 0.25) is 0 Å². The molecular formula is C20H25N2O4S+. The van der Waals surface area contributed by atoms with E-state index in [1.807, 2.05) is 44.2 Å². The summed E-state index contributed by atoms with van der Waals surface area (Å²) in [7, 11) is 1.34. The van der Waals surface area contributed by atoms with E-state index in [4.69, 9.17) is 9.47 Å². The summed E-state index contributed by atoms with van der Waals surface area (Å²) in [6.45, 7) is 5.97. The maximum absolute atomic E-state index is 12.6. The molecule has 1 aliphatic rings. The number of hydrogen-bond acceptors (Lipinski definition) is 5. The van der Waals surface area contributed by atoms with Crippen LogP contribution >= 0.6 is 11.3 Å². The Morgan fingerprint density at radius 2 is 1.89 bits per heavy atom. The van der Waals surface area contributed by atoms with E-state index in [0.717, 1.165) is 23.5 Å². The molecule has 2 aromatic rings. The van der Waals surface area contributed by atoms with Crippen molar-refractivity contribution >= 4 is 28.2 Å². The fraction of sp³-hybridized carbons (Fsp3) is 0.400. The van der Waals surface area contributed by atoms with Crippen LogP contribution in [0.1, 0.15) is 24.2 Å². The van der Waals surface area contributed by atoms with Gasteiger partial charge in [-0.15, -0.1) is 11.3 Å². The number of amides is 1. The van der Waals surface area contributed by atoms with Crippen LogP contribution < -0.4 is 10.2 Å². The van der Waals surface area contributed by atoms with E-state index in [9.17, 15) is 9.59 Å². The maximum atomic E-state index is 12.6. The number of nitrogens with one attached hydrogen (secondary N) is 2. The Hall–Kier alpha value is -2.22. The van der Waals surface area contributed by atoms with Crippen molar-refractivity contribution in [3.63, 3.8) is 0 Å². The molecule has 0 aliphatic carbocycles. The quantitative estimate of drug-likeness (QED) is 0.766. The summed E-state index contributed by atoms with van der Waals surface area (Å²) in [6, 6.07) is 11.5. The molecule has 7 heteroatoms. The zero-order valence-electron chi connectivity index (χ0n) is 15.8. The van der Waals surface area contributed by atoms with Gasteiger partial charge in [-0.3, -0.25) is 4.79 Å². The molecular weight excluding hydrogens is 364 g/mol. The van der Waals surface area contributed by atoms with Crippen molar-refractivity contribution in [2.24, 2.45) is 0 Å². The van der Waals surface area contributed by atoms with E-state index in [1.165, 1.54) is 23.3 Å². The molecule has 2 heterocycles.